The van der Waals surface area contributed by atoms with Crippen LogP contribution in [0.3, 0.4) is 0 Å². The van der Waals surface area contributed by atoms with Crippen LogP contribution in [0.25, 0.3) is 11.1 Å². The van der Waals surface area contributed by atoms with Crippen molar-refractivity contribution in [1.82, 2.24) is 0 Å². The Morgan fingerprint density at radius 1 is 0.818 bits per heavy atom. The molecule has 6 nitrogen and oxygen atoms in total. The van der Waals surface area contributed by atoms with E-state index < -0.39 is 32.9 Å². The first-order chi connectivity index (χ1) is 9.38. The summed E-state index contributed by atoms with van der Waals surface area (Å²) < 4.78 is 26.7. The third-order valence-electron chi connectivity index (χ3n) is 2.56. The second kappa shape index (κ2) is 7.11. The molecule has 0 heterocycles. The molecule has 2 aromatic carbocycles. The van der Waals surface area contributed by atoms with Crippen LogP contribution in [0.4, 0.5) is 29.6 Å². The lowest BCUT2D eigenvalue weighted by atomic mass is 10.0. The van der Waals surface area contributed by atoms with E-state index in [1.807, 2.05) is 0 Å². The van der Waals surface area contributed by atoms with Gasteiger partial charge < -0.3 is 0 Å². The van der Waals surface area contributed by atoms with Gasteiger partial charge in [-0.2, -0.15) is 0 Å². The minimum absolute atomic E-state index is 0. The highest BCUT2D eigenvalue weighted by molar-refractivity contribution is 5.70. The molecule has 0 spiro atoms. The number of nitro benzene ring substituents is 2. The van der Waals surface area contributed by atoms with Crippen LogP contribution in [0.5, 0.6) is 0 Å². The normalized spacial score (nSPS) is 9.36. The molecule has 0 fully saturated rings. The first-order valence-electron chi connectivity index (χ1n) is 5.28. The van der Waals surface area contributed by atoms with Crippen molar-refractivity contribution in [3.8, 4) is 11.1 Å². The maximum Gasteiger partial charge on any atom is 0.276 e. The van der Waals surface area contributed by atoms with Gasteiger partial charge in [-0.05, 0) is 23.8 Å². The first kappa shape index (κ1) is 19.0. The fourth-order valence-electron chi connectivity index (χ4n) is 1.68. The van der Waals surface area contributed by atoms with E-state index in [2.05, 4.69) is 0 Å². The van der Waals surface area contributed by atoms with Crippen molar-refractivity contribution < 1.29 is 28.0 Å². The Morgan fingerprint density at radius 2 is 1.32 bits per heavy atom. The summed E-state index contributed by atoms with van der Waals surface area (Å²) in [6.45, 7) is 0. The molecule has 0 aliphatic rings. The largest absolute Gasteiger partial charge is 0.276 e. The van der Waals surface area contributed by atoms with Gasteiger partial charge in [0.05, 0.1) is 15.9 Å². The molecule has 2 rings (SSSR count). The van der Waals surface area contributed by atoms with E-state index in [-0.39, 0.29) is 20.5 Å². The molecule has 0 saturated heterocycles. The van der Waals surface area contributed by atoms with Crippen LogP contribution in [-0.4, -0.2) is 9.85 Å². The van der Waals surface area contributed by atoms with Crippen molar-refractivity contribution in [1.29, 1.82) is 0 Å². The Hall–Kier alpha value is -3.04. The Balaban J connectivity index is 0.00000220. The summed E-state index contributed by atoms with van der Waals surface area (Å²) in [5.74, 6) is -1.59. The van der Waals surface area contributed by atoms with Gasteiger partial charge in [-0.1, -0.05) is 0 Å². The third kappa shape index (κ3) is 3.75. The Kier molecular flexibility index (Phi) is 6.13. The standard InChI is InChI=1S/C12H6F2N2O4.2FH/c13-8-1-2-12(14)11(5-8)7-3-9(15(17)18)6-10(4-7)16(19)20;;/h1-6H;2*1H. The lowest BCUT2D eigenvalue weighted by Gasteiger charge is -2.04. The fourth-order valence-corrected chi connectivity index (χ4v) is 1.68. The van der Waals surface area contributed by atoms with Crippen LogP contribution in [0.15, 0.2) is 36.4 Å². The van der Waals surface area contributed by atoms with Crippen LogP contribution in [0, 0.1) is 31.9 Å². The minimum Gasteiger partial charge on any atom is -0.269 e. The molecular formula is C12H8F4N2O4. The van der Waals surface area contributed by atoms with Crippen molar-refractivity contribution in [3.05, 3.63) is 68.3 Å². The van der Waals surface area contributed by atoms with Crippen LogP contribution >= 0.6 is 0 Å². The topological polar surface area (TPSA) is 86.3 Å². The summed E-state index contributed by atoms with van der Waals surface area (Å²) in [7, 11) is 0. The van der Waals surface area contributed by atoms with Crippen molar-refractivity contribution in [2.45, 2.75) is 0 Å². The number of nitrogens with zero attached hydrogens (tertiary/aromatic N) is 2. The molecule has 0 amide bonds. The zero-order valence-electron chi connectivity index (χ0n) is 10.6. The molecule has 2 aromatic rings. The monoisotopic (exact) mass is 320 g/mol. The molecular weight excluding hydrogens is 312 g/mol. The number of hydrogen-bond donors (Lipinski definition) is 0. The minimum atomic E-state index is -0.840. The van der Waals surface area contributed by atoms with E-state index in [1.165, 1.54) is 0 Å². The number of rotatable bonds is 3. The van der Waals surface area contributed by atoms with Gasteiger partial charge >= 0.3 is 0 Å². The van der Waals surface area contributed by atoms with Crippen molar-refractivity contribution >= 4 is 11.4 Å². The second-order valence-electron chi connectivity index (χ2n) is 3.88. The van der Waals surface area contributed by atoms with Gasteiger partial charge in [-0.15, -0.1) is 0 Å². The van der Waals surface area contributed by atoms with Crippen LogP contribution in [-0.2, 0) is 0 Å². The van der Waals surface area contributed by atoms with Gasteiger partial charge in [0.15, 0.2) is 0 Å². The number of non-ortho nitro benzene ring substituents is 2. The smallest absolute Gasteiger partial charge is 0.269 e. The van der Waals surface area contributed by atoms with Crippen molar-refractivity contribution in [3.63, 3.8) is 0 Å². The van der Waals surface area contributed by atoms with E-state index in [1.54, 1.807) is 0 Å². The first-order valence-corrected chi connectivity index (χ1v) is 5.28. The highest BCUT2D eigenvalue weighted by Crippen LogP contribution is 2.31. The molecule has 0 unspecified atom stereocenters. The molecule has 118 valence electrons. The number of halogens is 4. The van der Waals surface area contributed by atoms with E-state index in [0.29, 0.717) is 0 Å². The van der Waals surface area contributed by atoms with Crippen LogP contribution < -0.4 is 0 Å². The predicted molar refractivity (Wildman–Crippen MR) is 70.1 cm³/mol. The highest BCUT2D eigenvalue weighted by atomic mass is 19.1. The molecule has 0 aliphatic heterocycles. The van der Waals surface area contributed by atoms with E-state index >= 15 is 0 Å². The van der Waals surface area contributed by atoms with Crippen LogP contribution in [0.1, 0.15) is 0 Å². The summed E-state index contributed by atoms with van der Waals surface area (Å²) in [5.41, 5.74) is -1.56. The van der Waals surface area contributed by atoms with Gasteiger partial charge in [0, 0.05) is 17.7 Å². The molecule has 0 saturated carbocycles. The second-order valence-corrected chi connectivity index (χ2v) is 3.88. The SMILES string of the molecule is F.F.O=[N+]([O-])c1cc(-c2cc(F)ccc2F)cc([N+](=O)[O-])c1. The zero-order chi connectivity index (χ0) is 14.9. The predicted octanol–water partition coefficient (Wildman–Crippen LogP) is 3.75. The van der Waals surface area contributed by atoms with E-state index in [0.717, 1.165) is 36.4 Å². The Labute approximate surface area is 120 Å². The quantitative estimate of drug-likeness (QED) is 0.489. The average Bonchev–Trinajstić information content (AvgIpc) is 2.40. The van der Waals surface area contributed by atoms with Crippen molar-refractivity contribution in [2.75, 3.05) is 0 Å². The van der Waals surface area contributed by atoms with Gasteiger partial charge in [0.1, 0.15) is 11.6 Å². The molecule has 0 bridgehead atoms. The van der Waals surface area contributed by atoms with Crippen LogP contribution in [0.2, 0.25) is 0 Å². The summed E-state index contributed by atoms with van der Waals surface area (Å²) in [4.78, 5) is 19.8. The summed E-state index contributed by atoms with van der Waals surface area (Å²) in [5, 5.41) is 21.5. The Bertz CT molecular complexity index is 692. The molecule has 0 N–H and O–H groups in total. The lowest BCUT2D eigenvalue weighted by Crippen LogP contribution is -1.95. The molecule has 0 aromatic heterocycles. The maximum absolute atomic E-state index is 13.6. The van der Waals surface area contributed by atoms with Crippen molar-refractivity contribution in [2.24, 2.45) is 0 Å². The Morgan fingerprint density at radius 3 is 1.77 bits per heavy atom. The van der Waals surface area contributed by atoms with Gasteiger partial charge in [-0.25, -0.2) is 8.78 Å². The summed E-state index contributed by atoms with van der Waals surface area (Å²) >= 11 is 0. The number of hydrogen-bond acceptors (Lipinski definition) is 4. The molecule has 0 aliphatic carbocycles. The van der Waals surface area contributed by atoms with Gasteiger partial charge in [0.25, 0.3) is 11.4 Å². The number of nitro groups is 2. The number of benzene rings is 2. The molecule has 0 radical (unpaired) electrons. The summed E-state index contributed by atoms with van der Waals surface area (Å²) in [6, 6.07) is 5.19. The average molecular weight is 320 g/mol. The molecule has 10 heteroatoms. The third-order valence-corrected chi connectivity index (χ3v) is 2.56. The van der Waals surface area contributed by atoms with E-state index in [4.69, 9.17) is 0 Å². The fraction of sp³-hybridized carbons (Fsp3) is 0. The van der Waals surface area contributed by atoms with E-state index in [9.17, 15) is 29.0 Å². The van der Waals surface area contributed by atoms with Gasteiger partial charge in [0.2, 0.25) is 0 Å². The zero-order valence-corrected chi connectivity index (χ0v) is 10.6. The highest BCUT2D eigenvalue weighted by Gasteiger charge is 2.19. The molecule has 0 atom stereocenters. The molecule has 22 heavy (non-hydrogen) atoms. The lowest BCUT2D eigenvalue weighted by molar-refractivity contribution is -0.394. The maximum atomic E-state index is 13.6. The van der Waals surface area contributed by atoms with Gasteiger partial charge in [-0.3, -0.25) is 29.6 Å². The summed E-state index contributed by atoms with van der Waals surface area (Å²) in [6.07, 6.45) is 0.